The van der Waals surface area contributed by atoms with Crippen LogP contribution in [-0.2, 0) is 0 Å². The van der Waals surface area contributed by atoms with E-state index in [1.54, 1.807) is 0 Å². The molecule has 0 spiro atoms. The van der Waals surface area contributed by atoms with E-state index in [2.05, 4.69) is 43.0 Å². The van der Waals surface area contributed by atoms with Crippen LogP contribution >= 0.6 is 0 Å². The molecule has 2 heteroatoms. The summed E-state index contributed by atoms with van der Waals surface area (Å²) in [7, 11) is 0. The maximum atomic E-state index is 6.16. The van der Waals surface area contributed by atoms with Crippen LogP contribution in [0.4, 0.5) is 0 Å². The third-order valence-electron chi connectivity index (χ3n) is 3.36. The highest BCUT2D eigenvalue weighted by Gasteiger charge is 2.05. The second-order valence-corrected chi connectivity index (χ2v) is 4.54. The topological polar surface area (TPSA) is 29.3 Å². The van der Waals surface area contributed by atoms with Crippen molar-refractivity contribution >= 4 is 0 Å². The summed E-state index contributed by atoms with van der Waals surface area (Å²) in [6.45, 7) is 7.95. The fourth-order valence-corrected chi connectivity index (χ4v) is 2.11. The van der Waals surface area contributed by atoms with Crippen molar-refractivity contribution in [3.63, 3.8) is 0 Å². The second kappa shape index (κ2) is 8.26. The lowest BCUT2D eigenvalue weighted by Gasteiger charge is -2.18. The van der Waals surface area contributed by atoms with Crippen molar-refractivity contribution in [2.24, 2.45) is 5.73 Å². The van der Waals surface area contributed by atoms with Crippen molar-refractivity contribution in [3.05, 3.63) is 35.9 Å². The van der Waals surface area contributed by atoms with Crippen molar-refractivity contribution in [1.29, 1.82) is 0 Å². The minimum Gasteiger partial charge on any atom is -0.324 e. The molecule has 0 aliphatic heterocycles. The van der Waals surface area contributed by atoms with Gasteiger partial charge in [-0.05, 0) is 38.0 Å². The van der Waals surface area contributed by atoms with Gasteiger partial charge in [0.25, 0.3) is 0 Å². The molecule has 2 nitrogen and oxygen atoms in total. The van der Waals surface area contributed by atoms with E-state index in [1.165, 1.54) is 24.9 Å². The zero-order valence-electron chi connectivity index (χ0n) is 11.2. The van der Waals surface area contributed by atoms with Gasteiger partial charge >= 0.3 is 0 Å². The summed E-state index contributed by atoms with van der Waals surface area (Å²) >= 11 is 0. The Morgan fingerprint density at radius 3 is 2.29 bits per heavy atom. The predicted molar refractivity (Wildman–Crippen MR) is 75.0 cm³/mol. The quantitative estimate of drug-likeness (QED) is 0.700. The highest BCUT2D eigenvalue weighted by molar-refractivity contribution is 5.18. The second-order valence-electron chi connectivity index (χ2n) is 4.54. The first kappa shape index (κ1) is 14.2. The predicted octanol–water partition coefficient (Wildman–Crippen LogP) is 3.20. The summed E-state index contributed by atoms with van der Waals surface area (Å²) < 4.78 is 0. The van der Waals surface area contributed by atoms with Crippen molar-refractivity contribution < 1.29 is 0 Å². The van der Waals surface area contributed by atoms with Crippen LogP contribution in [0, 0.1) is 0 Å². The van der Waals surface area contributed by atoms with E-state index >= 15 is 0 Å². The summed E-state index contributed by atoms with van der Waals surface area (Å²) in [5.74, 6) is 0. The number of hydrogen-bond acceptors (Lipinski definition) is 2. The van der Waals surface area contributed by atoms with Gasteiger partial charge in [-0.3, -0.25) is 0 Å². The van der Waals surface area contributed by atoms with Crippen molar-refractivity contribution in [3.8, 4) is 0 Å². The number of unbranched alkanes of at least 4 members (excludes halogenated alkanes) is 1. The zero-order chi connectivity index (χ0) is 12.5. The lowest BCUT2D eigenvalue weighted by molar-refractivity contribution is 0.294. The van der Waals surface area contributed by atoms with Gasteiger partial charge in [0.1, 0.15) is 0 Å². The van der Waals surface area contributed by atoms with E-state index < -0.39 is 0 Å². The molecule has 0 aliphatic rings. The molecule has 17 heavy (non-hydrogen) atoms. The molecule has 1 aromatic carbocycles. The summed E-state index contributed by atoms with van der Waals surface area (Å²) in [5, 5.41) is 0. The number of rotatable bonds is 8. The highest BCUT2D eigenvalue weighted by Crippen LogP contribution is 2.16. The summed E-state index contributed by atoms with van der Waals surface area (Å²) in [6, 6.07) is 10.6. The van der Waals surface area contributed by atoms with Gasteiger partial charge in [0.2, 0.25) is 0 Å². The minimum absolute atomic E-state index is 0.202. The fourth-order valence-electron chi connectivity index (χ4n) is 2.11. The first-order valence-corrected chi connectivity index (χ1v) is 6.80. The molecule has 1 atom stereocenters. The Morgan fingerprint density at radius 1 is 1.06 bits per heavy atom. The van der Waals surface area contributed by atoms with Crippen LogP contribution in [-0.4, -0.2) is 24.5 Å². The molecule has 0 unspecified atom stereocenters. The summed E-state index contributed by atoms with van der Waals surface area (Å²) in [5.41, 5.74) is 7.42. The average molecular weight is 234 g/mol. The van der Waals surface area contributed by atoms with Crippen LogP contribution in [0.25, 0.3) is 0 Å². The number of hydrogen-bond donors (Lipinski definition) is 1. The molecule has 1 rings (SSSR count). The van der Waals surface area contributed by atoms with Gasteiger partial charge in [-0.25, -0.2) is 0 Å². The minimum atomic E-state index is 0.202. The molecule has 0 saturated heterocycles. The third kappa shape index (κ3) is 5.33. The Balaban J connectivity index is 2.19. The van der Waals surface area contributed by atoms with Crippen LogP contribution in [0.5, 0.6) is 0 Å². The Bertz CT molecular complexity index is 280. The van der Waals surface area contributed by atoms with Crippen LogP contribution in [0.15, 0.2) is 30.3 Å². The van der Waals surface area contributed by atoms with Gasteiger partial charge in [0.05, 0.1) is 0 Å². The Kier molecular flexibility index (Phi) is 6.90. The molecule has 0 saturated carbocycles. The van der Waals surface area contributed by atoms with E-state index in [1.807, 2.05) is 6.07 Å². The monoisotopic (exact) mass is 234 g/mol. The lowest BCUT2D eigenvalue weighted by atomic mass is 10.0. The number of nitrogens with zero attached hydrogens (tertiary/aromatic N) is 1. The maximum Gasteiger partial charge on any atom is 0.0294 e. The van der Waals surface area contributed by atoms with E-state index in [0.717, 1.165) is 19.5 Å². The van der Waals surface area contributed by atoms with Crippen LogP contribution < -0.4 is 5.73 Å². The van der Waals surface area contributed by atoms with E-state index in [-0.39, 0.29) is 6.04 Å². The van der Waals surface area contributed by atoms with Crippen molar-refractivity contribution in [1.82, 2.24) is 4.90 Å². The fraction of sp³-hybridized carbons (Fsp3) is 0.600. The Hall–Kier alpha value is -0.860. The van der Waals surface area contributed by atoms with Crippen molar-refractivity contribution in [2.75, 3.05) is 19.6 Å². The molecule has 0 heterocycles. The SMILES string of the molecule is CCN(CC)CCCC[C@@H](N)c1ccccc1. The van der Waals surface area contributed by atoms with E-state index in [4.69, 9.17) is 5.73 Å². The van der Waals surface area contributed by atoms with Gasteiger partial charge in [0, 0.05) is 6.04 Å². The number of benzene rings is 1. The standard InChI is InChI=1S/C15H26N2/c1-3-17(4-2)13-9-8-12-15(16)14-10-6-5-7-11-14/h5-7,10-11,15H,3-4,8-9,12-13,16H2,1-2H3/t15-/m1/s1. The molecular formula is C15H26N2. The smallest absolute Gasteiger partial charge is 0.0294 e. The largest absolute Gasteiger partial charge is 0.324 e. The molecule has 0 bridgehead atoms. The highest BCUT2D eigenvalue weighted by atomic mass is 15.1. The average Bonchev–Trinajstić information content (AvgIpc) is 2.40. The van der Waals surface area contributed by atoms with Gasteiger partial charge < -0.3 is 10.6 Å². The Morgan fingerprint density at radius 2 is 1.71 bits per heavy atom. The molecule has 0 aliphatic carbocycles. The third-order valence-corrected chi connectivity index (χ3v) is 3.36. The van der Waals surface area contributed by atoms with E-state index in [9.17, 15) is 0 Å². The normalized spacial score (nSPS) is 12.9. The first-order chi connectivity index (χ1) is 8.27. The van der Waals surface area contributed by atoms with Gasteiger partial charge in [0.15, 0.2) is 0 Å². The zero-order valence-corrected chi connectivity index (χ0v) is 11.2. The molecular weight excluding hydrogens is 208 g/mol. The molecule has 0 fully saturated rings. The summed E-state index contributed by atoms with van der Waals surface area (Å²) in [4.78, 5) is 2.47. The van der Waals surface area contributed by atoms with Gasteiger partial charge in [-0.2, -0.15) is 0 Å². The van der Waals surface area contributed by atoms with Gasteiger partial charge in [-0.15, -0.1) is 0 Å². The first-order valence-electron chi connectivity index (χ1n) is 6.80. The molecule has 1 aromatic rings. The lowest BCUT2D eigenvalue weighted by Crippen LogP contribution is -2.24. The molecule has 2 N–H and O–H groups in total. The van der Waals surface area contributed by atoms with Crippen molar-refractivity contribution in [2.45, 2.75) is 39.2 Å². The van der Waals surface area contributed by atoms with Gasteiger partial charge in [-0.1, -0.05) is 50.6 Å². The van der Waals surface area contributed by atoms with Crippen LogP contribution in [0.2, 0.25) is 0 Å². The summed E-state index contributed by atoms with van der Waals surface area (Å²) in [6.07, 6.45) is 3.56. The molecule has 0 aromatic heterocycles. The van der Waals surface area contributed by atoms with Crippen LogP contribution in [0.3, 0.4) is 0 Å². The Labute approximate surface area is 106 Å². The number of nitrogens with two attached hydrogens (primary N) is 1. The van der Waals surface area contributed by atoms with Crippen LogP contribution in [0.1, 0.15) is 44.7 Å². The van der Waals surface area contributed by atoms with E-state index in [0.29, 0.717) is 0 Å². The molecule has 96 valence electrons. The maximum absolute atomic E-state index is 6.16. The molecule has 0 amide bonds. The molecule has 0 radical (unpaired) electrons.